The second-order valence-corrected chi connectivity index (χ2v) is 5.55. The number of amides is 1. The van der Waals surface area contributed by atoms with E-state index in [1.165, 1.54) is 0 Å². The van der Waals surface area contributed by atoms with E-state index in [2.05, 4.69) is 5.32 Å². The predicted molar refractivity (Wildman–Crippen MR) is 87.8 cm³/mol. The van der Waals surface area contributed by atoms with Crippen molar-refractivity contribution >= 4 is 34.8 Å². The fraction of sp³-hybridized carbons (Fsp3) is 0.188. The van der Waals surface area contributed by atoms with Gasteiger partial charge in [0.1, 0.15) is 10.8 Å². The van der Waals surface area contributed by atoms with Gasteiger partial charge in [-0.05, 0) is 24.3 Å². The van der Waals surface area contributed by atoms with Gasteiger partial charge in [0.15, 0.2) is 11.5 Å². The van der Waals surface area contributed by atoms with Crippen molar-refractivity contribution in [2.75, 3.05) is 18.7 Å². The van der Waals surface area contributed by atoms with Gasteiger partial charge in [0.25, 0.3) is 0 Å². The van der Waals surface area contributed by atoms with Crippen LogP contribution in [0.1, 0.15) is 6.42 Å². The molecule has 5 nitrogen and oxygen atoms in total. The Labute approximate surface area is 143 Å². The maximum atomic E-state index is 11.9. The molecule has 0 aromatic heterocycles. The third kappa shape index (κ3) is 3.81. The quantitative estimate of drug-likeness (QED) is 0.877. The minimum absolute atomic E-state index is 0.178. The summed E-state index contributed by atoms with van der Waals surface area (Å²) in [5.41, 5.74) is 0.639. The first-order chi connectivity index (χ1) is 11.1. The highest BCUT2D eigenvalue weighted by atomic mass is 35.5. The average Bonchev–Trinajstić information content (AvgIpc) is 2.99. The van der Waals surface area contributed by atoms with E-state index in [-0.39, 0.29) is 25.7 Å². The van der Waals surface area contributed by atoms with Crippen LogP contribution in [0.25, 0.3) is 0 Å². The number of nitrogens with one attached hydrogen (secondary N) is 1. The molecule has 0 unspecified atom stereocenters. The van der Waals surface area contributed by atoms with Crippen LogP contribution >= 0.6 is 23.2 Å². The number of hydrogen-bond donors (Lipinski definition) is 1. The Balaban J connectivity index is 1.51. The van der Waals surface area contributed by atoms with Crippen LogP contribution in [0.15, 0.2) is 36.4 Å². The van der Waals surface area contributed by atoms with Crippen LogP contribution in [0.2, 0.25) is 10.0 Å². The summed E-state index contributed by atoms with van der Waals surface area (Å²) < 4.78 is 16.0. The minimum Gasteiger partial charge on any atom is -0.491 e. The van der Waals surface area contributed by atoms with Gasteiger partial charge in [0.2, 0.25) is 12.7 Å². The Morgan fingerprint density at radius 3 is 2.87 bits per heavy atom. The molecule has 0 saturated carbocycles. The first-order valence-corrected chi connectivity index (χ1v) is 7.65. The first kappa shape index (κ1) is 15.8. The first-order valence-electron chi connectivity index (χ1n) is 6.90. The Hall–Kier alpha value is -2.11. The second kappa shape index (κ2) is 6.98. The summed E-state index contributed by atoms with van der Waals surface area (Å²) in [6, 6.07) is 10.3. The van der Waals surface area contributed by atoms with E-state index in [1.807, 2.05) is 0 Å². The van der Waals surface area contributed by atoms with Crippen LogP contribution in [0.4, 0.5) is 5.69 Å². The number of benzene rings is 2. The molecule has 2 aromatic carbocycles. The minimum atomic E-state index is -0.179. The maximum Gasteiger partial charge on any atom is 0.231 e. The van der Waals surface area contributed by atoms with E-state index < -0.39 is 0 Å². The number of halogens is 2. The van der Waals surface area contributed by atoms with Crippen LogP contribution in [0.5, 0.6) is 17.2 Å². The number of carbonyl (C=O) groups is 1. The molecule has 0 atom stereocenters. The smallest absolute Gasteiger partial charge is 0.231 e. The van der Waals surface area contributed by atoms with Gasteiger partial charge >= 0.3 is 0 Å². The van der Waals surface area contributed by atoms with Crippen molar-refractivity contribution in [3.8, 4) is 17.2 Å². The van der Waals surface area contributed by atoms with Gasteiger partial charge < -0.3 is 19.5 Å². The summed E-state index contributed by atoms with van der Waals surface area (Å²) >= 11 is 11.9. The fourth-order valence-corrected chi connectivity index (χ4v) is 2.39. The highest BCUT2D eigenvalue weighted by Gasteiger charge is 2.14. The van der Waals surface area contributed by atoms with E-state index >= 15 is 0 Å². The lowest BCUT2D eigenvalue weighted by Gasteiger charge is -2.09. The van der Waals surface area contributed by atoms with Gasteiger partial charge in [-0.15, -0.1) is 0 Å². The van der Waals surface area contributed by atoms with Crippen LogP contribution in [0, 0.1) is 0 Å². The van der Waals surface area contributed by atoms with Crippen molar-refractivity contribution < 1.29 is 19.0 Å². The highest BCUT2D eigenvalue weighted by Crippen LogP contribution is 2.34. The molecule has 1 heterocycles. The number of hydrogen-bond acceptors (Lipinski definition) is 4. The monoisotopic (exact) mass is 353 g/mol. The molecule has 0 fully saturated rings. The van der Waals surface area contributed by atoms with Gasteiger partial charge in [-0.2, -0.15) is 0 Å². The molecule has 120 valence electrons. The average molecular weight is 354 g/mol. The molecule has 1 amide bonds. The van der Waals surface area contributed by atoms with Crippen LogP contribution in [0.3, 0.4) is 0 Å². The molecule has 0 radical (unpaired) electrons. The number of anilines is 1. The third-order valence-corrected chi connectivity index (χ3v) is 3.96. The predicted octanol–water partition coefficient (Wildman–Crippen LogP) is 4.13. The zero-order valence-corrected chi connectivity index (χ0v) is 13.5. The van der Waals surface area contributed by atoms with Gasteiger partial charge in [0, 0.05) is 11.8 Å². The molecule has 7 heteroatoms. The largest absolute Gasteiger partial charge is 0.491 e. The SMILES string of the molecule is O=C(CCOc1cccc(Cl)c1Cl)Nc1ccc2c(c1)OCO2. The molecular formula is C16H13Cl2NO4. The summed E-state index contributed by atoms with van der Waals surface area (Å²) in [5.74, 6) is 1.56. The number of fused-ring (bicyclic) bond motifs is 1. The van der Waals surface area contributed by atoms with E-state index in [4.69, 9.17) is 37.4 Å². The molecule has 1 aliphatic rings. The van der Waals surface area contributed by atoms with Crippen molar-refractivity contribution in [2.45, 2.75) is 6.42 Å². The van der Waals surface area contributed by atoms with Crippen LogP contribution < -0.4 is 19.5 Å². The molecule has 0 saturated heterocycles. The topological polar surface area (TPSA) is 56.8 Å². The molecule has 2 aromatic rings. The lowest BCUT2D eigenvalue weighted by molar-refractivity contribution is -0.116. The molecular weight excluding hydrogens is 341 g/mol. The number of ether oxygens (including phenoxy) is 3. The zero-order valence-electron chi connectivity index (χ0n) is 12.0. The summed E-state index contributed by atoms with van der Waals surface area (Å²) in [7, 11) is 0. The van der Waals surface area contributed by atoms with Crippen molar-refractivity contribution in [3.63, 3.8) is 0 Å². The van der Waals surface area contributed by atoms with Gasteiger partial charge in [-0.1, -0.05) is 29.3 Å². The summed E-state index contributed by atoms with van der Waals surface area (Å²) in [6.45, 7) is 0.386. The van der Waals surface area contributed by atoms with Crippen molar-refractivity contribution in [1.82, 2.24) is 0 Å². The molecule has 1 aliphatic heterocycles. The maximum absolute atomic E-state index is 11.9. The van der Waals surface area contributed by atoms with Gasteiger partial charge in [-0.3, -0.25) is 4.79 Å². The normalized spacial score (nSPS) is 12.1. The second-order valence-electron chi connectivity index (χ2n) is 4.77. The Morgan fingerprint density at radius 1 is 1.17 bits per heavy atom. The lowest BCUT2D eigenvalue weighted by Crippen LogP contribution is -2.15. The van der Waals surface area contributed by atoms with E-state index in [0.29, 0.717) is 33.0 Å². The zero-order chi connectivity index (χ0) is 16.2. The Morgan fingerprint density at radius 2 is 2.00 bits per heavy atom. The van der Waals surface area contributed by atoms with Gasteiger partial charge in [-0.25, -0.2) is 0 Å². The van der Waals surface area contributed by atoms with E-state index in [0.717, 1.165) is 0 Å². The fourth-order valence-electron chi connectivity index (χ4n) is 2.05. The third-order valence-electron chi connectivity index (χ3n) is 3.16. The van der Waals surface area contributed by atoms with E-state index in [1.54, 1.807) is 36.4 Å². The van der Waals surface area contributed by atoms with Gasteiger partial charge in [0.05, 0.1) is 18.1 Å². The number of rotatable bonds is 5. The molecule has 23 heavy (non-hydrogen) atoms. The number of carbonyl (C=O) groups excluding carboxylic acids is 1. The van der Waals surface area contributed by atoms with Crippen LogP contribution in [-0.2, 0) is 4.79 Å². The van der Waals surface area contributed by atoms with Crippen molar-refractivity contribution in [1.29, 1.82) is 0 Å². The van der Waals surface area contributed by atoms with Crippen molar-refractivity contribution in [2.24, 2.45) is 0 Å². The Bertz CT molecular complexity index is 736. The van der Waals surface area contributed by atoms with E-state index in [9.17, 15) is 4.79 Å². The summed E-state index contributed by atoms with van der Waals surface area (Å²) in [4.78, 5) is 11.9. The molecule has 0 aliphatic carbocycles. The summed E-state index contributed by atoms with van der Waals surface area (Å²) in [5, 5.41) is 3.52. The highest BCUT2D eigenvalue weighted by molar-refractivity contribution is 6.42. The van der Waals surface area contributed by atoms with Crippen molar-refractivity contribution in [3.05, 3.63) is 46.4 Å². The van der Waals surface area contributed by atoms with Crippen LogP contribution in [-0.4, -0.2) is 19.3 Å². The lowest BCUT2D eigenvalue weighted by atomic mass is 10.2. The standard InChI is InChI=1S/C16H13Cl2NO4/c17-11-2-1-3-13(16(11)18)21-7-6-15(20)19-10-4-5-12-14(8-10)23-9-22-12/h1-5,8H,6-7,9H2,(H,19,20). The molecule has 1 N–H and O–H groups in total. The molecule has 0 bridgehead atoms. The summed E-state index contributed by atoms with van der Waals surface area (Å²) in [6.07, 6.45) is 0.178. The Kier molecular flexibility index (Phi) is 4.79. The molecule has 3 rings (SSSR count). The molecule has 0 spiro atoms.